The molecular weight excluding hydrogens is 194 g/mol. The molecule has 0 aromatic carbocycles. The van der Waals surface area contributed by atoms with Gasteiger partial charge in [-0.25, -0.2) is 0 Å². The summed E-state index contributed by atoms with van der Waals surface area (Å²) in [5.41, 5.74) is -0.410. The van der Waals surface area contributed by atoms with Gasteiger partial charge in [0.05, 0.1) is 5.60 Å². The molecule has 2 N–H and O–H groups in total. The van der Waals surface area contributed by atoms with Gasteiger partial charge in [-0.2, -0.15) is 11.8 Å². The molecule has 2 unspecified atom stereocenters. The first-order chi connectivity index (χ1) is 6.73. The molecule has 82 valence electrons. The van der Waals surface area contributed by atoms with Crippen LogP contribution < -0.4 is 5.32 Å². The second-order valence-electron chi connectivity index (χ2n) is 4.76. The summed E-state index contributed by atoms with van der Waals surface area (Å²) in [5.74, 6) is 2.94. The first-order valence-electron chi connectivity index (χ1n) is 5.77. The molecule has 0 radical (unpaired) electrons. The van der Waals surface area contributed by atoms with Crippen LogP contribution in [0.4, 0.5) is 0 Å². The second kappa shape index (κ2) is 4.42. The fourth-order valence-corrected chi connectivity index (χ4v) is 3.49. The number of nitrogens with one attached hydrogen (secondary N) is 1. The molecule has 0 spiro atoms. The third-order valence-electron chi connectivity index (χ3n) is 3.41. The van der Waals surface area contributed by atoms with E-state index in [2.05, 4.69) is 12.2 Å². The van der Waals surface area contributed by atoms with Crippen LogP contribution in [0.25, 0.3) is 0 Å². The average molecular weight is 215 g/mol. The zero-order valence-corrected chi connectivity index (χ0v) is 9.78. The van der Waals surface area contributed by atoms with Crippen LogP contribution in [-0.2, 0) is 0 Å². The molecule has 1 aliphatic heterocycles. The van der Waals surface area contributed by atoms with Gasteiger partial charge in [0.1, 0.15) is 0 Å². The minimum Gasteiger partial charge on any atom is -0.388 e. The minimum absolute atomic E-state index is 0.410. The van der Waals surface area contributed by atoms with E-state index in [1.165, 1.54) is 19.3 Å². The van der Waals surface area contributed by atoms with Gasteiger partial charge in [-0.3, -0.25) is 0 Å². The lowest BCUT2D eigenvalue weighted by Gasteiger charge is -2.25. The number of aliphatic hydroxyl groups is 1. The maximum absolute atomic E-state index is 10.2. The highest BCUT2D eigenvalue weighted by Crippen LogP contribution is 2.34. The van der Waals surface area contributed by atoms with Gasteiger partial charge in [-0.15, -0.1) is 0 Å². The molecule has 0 aromatic heterocycles. The van der Waals surface area contributed by atoms with Gasteiger partial charge in [0.2, 0.25) is 0 Å². The number of hydrogen-bond acceptors (Lipinski definition) is 3. The molecule has 2 atom stereocenters. The van der Waals surface area contributed by atoms with Gasteiger partial charge < -0.3 is 10.4 Å². The molecule has 0 aromatic rings. The topological polar surface area (TPSA) is 32.3 Å². The third kappa shape index (κ3) is 2.65. The van der Waals surface area contributed by atoms with Crippen LogP contribution in [0.15, 0.2) is 0 Å². The average Bonchev–Trinajstić information content (AvgIpc) is 2.91. The Morgan fingerprint density at radius 1 is 1.57 bits per heavy atom. The largest absolute Gasteiger partial charge is 0.388 e. The predicted molar refractivity (Wildman–Crippen MR) is 61.7 cm³/mol. The van der Waals surface area contributed by atoms with Gasteiger partial charge >= 0.3 is 0 Å². The summed E-state index contributed by atoms with van der Waals surface area (Å²) in [6, 6.07) is 0.657. The Morgan fingerprint density at radius 2 is 2.36 bits per heavy atom. The van der Waals surface area contributed by atoms with E-state index >= 15 is 0 Å². The van der Waals surface area contributed by atoms with Crippen molar-refractivity contribution in [1.29, 1.82) is 0 Å². The predicted octanol–water partition coefficient (Wildman–Crippen LogP) is 1.63. The Kier molecular flexibility index (Phi) is 3.40. The van der Waals surface area contributed by atoms with E-state index in [1.807, 2.05) is 11.8 Å². The van der Waals surface area contributed by atoms with E-state index < -0.39 is 5.60 Å². The van der Waals surface area contributed by atoms with Gasteiger partial charge in [-0.1, -0.05) is 6.92 Å². The van der Waals surface area contributed by atoms with E-state index in [1.54, 1.807) is 0 Å². The smallest absolute Gasteiger partial charge is 0.0869 e. The Bertz CT molecular complexity index is 188. The van der Waals surface area contributed by atoms with Gasteiger partial charge in [-0.05, 0) is 37.4 Å². The van der Waals surface area contributed by atoms with Crippen molar-refractivity contribution in [3.05, 3.63) is 0 Å². The van der Waals surface area contributed by atoms with Crippen LogP contribution in [0, 0.1) is 5.92 Å². The zero-order valence-electron chi connectivity index (χ0n) is 8.96. The molecular formula is C11H21NOS. The summed E-state index contributed by atoms with van der Waals surface area (Å²) in [4.78, 5) is 0. The van der Waals surface area contributed by atoms with Crippen LogP contribution in [0.5, 0.6) is 0 Å². The van der Waals surface area contributed by atoms with Crippen molar-refractivity contribution in [2.24, 2.45) is 5.92 Å². The molecule has 1 heterocycles. The third-order valence-corrected chi connectivity index (χ3v) is 4.64. The Morgan fingerprint density at radius 3 is 2.86 bits per heavy atom. The van der Waals surface area contributed by atoms with Gasteiger partial charge in [0.25, 0.3) is 0 Å². The molecule has 2 fully saturated rings. The summed E-state index contributed by atoms with van der Waals surface area (Å²) in [7, 11) is 0. The van der Waals surface area contributed by atoms with E-state index in [4.69, 9.17) is 0 Å². The van der Waals surface area contributed by atoms with Crippen molar-refractivity contribution >= 4 is 11.8 Å². The van der Waals surface area contributed by atoms with Crippen molar-refractivity contribution in [2.45, 2.75) is 44.2 Å². The zero-order chi connectivity index (χ0) is 10.0. The second-order valence-corrected chi connectivity index (χ2v) is 5.87. The van der Waals surface area contributed by atoms with Crippen LogP contribution in [-0.4, -0.2) is 34.8 Å². The lowest BCUT2D eigenvalue weighted by atomic mass is 10.0. The fourth-order valence-electron chi connectivity index (χ4n) is 2.20. The van der Waals surface area contributed by atoms with Gasteiger partial charge in [0.15, 0.2) is 0 Å². The van der Waals surface area contributed by atoms with E-state index in [-0.39, 0.29) is 0 Å². The van der Waals surface area contributed by atoms with Crippen molar-refractivity contribution in [3.8, 4) is 0 Å². The lowest BCUT2D eigenvalue weighted by molar-refractivity contribution is 0.0635. The lowest BCUT2D eigenvalue weighted by Crippen LogP contribution is -2.45. The summed E-state index contributed by atoms with van der Waals surface area (Å²) >= 11 is 1.87. The number of rotatable bonds is 5. The van der Waals surface area contributed by atoms with E-state index in [0.29, 0.717) is 6.04 Å². The fraction of sp³-hybridized carbons (Fsp3) is 1.00. The summed E-state index contributed by atoms with van der Waals surface area (Å²) in [6.07, 6.45) is 4.94. The summed E-state index contributed by atoms with van der Waals surface area (Å²) in [5, 5.41) is 13.7. The molecule has 2 aliphatic rings. The van der Waals surface area contributed by atoms with Crippen molar-refractivity contribution in [1.82, 2.24) is 5.32 Å². The van der Waals surface area contributed by atoms with E-state index in [9.17, 15) is 5.11 Å². The standard InChI is InChI=1S/C11H21NOS/c1-2-10(9-3-4-9)12-7-11(13)5-6-14-8-11/h9-10,12-13H,2-8H2,1H3. The monoisotopic (exact) mass is 215 g/mol. The highest BCUT2D eigenvalue weighted by atomic mass is 32.2. The van der Waals surface area contributed by atoms with Crippen molar-refractivity contribution < 1.29 is 5.11 Å². The van der Waals surface area contributed by atoms with E-state index in [0.717, 1.165) is 30.4 Å². The molecule has 1 saturated heterocycles. The highest BCUT2D eigenvalue weighted by Gasteiger charge is 2.35. The van der Waals surface area contributed by atoms with Crippen LogP contribution in [0.1, 0.15) is 32.6 Å². The SMILES string of the molecule is CCC(NCC1(O)CCSC1)C1CC1. The van der Waals surface area contributed by atoms with Gasteiger partial charge in [0, 0.05) is 18.3 Å². The first kappa shape index (κ1) is 10.8. The Balaban J connectivity index is 1.74. The maximum Gasteiger partial charge on any atom is 0.0869 e. The molecule has 1 saturated carbocycles. The molecule has 0 amide bonds. The van der Waals surface area contributed by atoms with Crippen LogP contribution in [0.3, 0.4) is 0 Å². The molecule has 2 rings (SSSR count). The van der Waals surface area contributed by atoms with Crippen molar-refractivity contribution in [3.63, 3.8) is 0 Å². The normalized spacial score (nSPS) is 34.7. The van der Waals surface area contributed by atoms with Crippen LogP contribution in [0.2, 0.25) is 0 Å². The molecule has 14 heavy (non-hydrogen) atoms. The highest BCUT2D eigenvalue weighted by molar-refractivity contribution is 7.99. The number of hydrogen-bond donors (Lipinski definition) is 2. The maximum atomic E-state index is 10.2. The minimum atomic E-state index is -0.410. The van der Waals surface area contributed by atoms with Crippen LogP contribution >= 0.6 is 11.8 Å². The van der Waals surface area contributed by atoms with Crippen molar-refractivity contribution in [2.75, 3.05) is 18.1 Å². The first-order valence-corrected chi connectivity index (χ1v) is 6.92. The molecule has 1 aliphatic carbocycles. The molecule has 3 heteroatoms. The number of thioether (sulfide) groups is 1. The Hall–Kier alpha value is 0.270. The molecule has 2 nitrogen and oxygen atoms in total. The summed E-state index contributed by atoms with van der Waals surface area (Å²) in [6.45, 7) is 3.04. The summed E-state index contributed by atoms with van der Waals surface area (Å²) < 4.78 is 0. The molecule has 0 bridgehead atoms. The quantitative estimate of drug-likeness (QED) is 0.731. The Labute approximate surface area is 90.8 Å².